The normalized spacial score (nSPS) is 12.7. The number of hydrogen-bond acceptors (Lipinski definition) is 5. The molecule has 0 radical (unpaired) electrons. The number of nitrogens with zero attached hydrogens (tertiary/aromatic N) is 2. The monoisotopic (exact) mass is 270 g/mol. The summed E-state index contributed by atoms with van der Waals surface area (Å²) in [5.74, 6) is 5.72. The van der Waals surface area contributed by atoms with Crippen LogP contribution in [-0.2, 0) is 0 Å². The van der Waals surface area contributed by atoms with Crippen molar-refractivity contribution in [1.82, 2.24) is 15.4 Å². The average Bonchev–Trinajstić information content (AvgIpc) is 2.86. The van der Waals surface area contributed by atoms with Crippen molar-refractivity contribution in [3.8, 4) is 0 Å². The lowest BCUT2D eigenvalue weighted by Gasteiger charge is -2.15. The van der Waals surface area contributed by atoms with Crippen molar-refractivity contribution < 1.29 is 0 Å². The highest BCUT2D eigenvalue weighted by molar-refractivity contribution is 7.09. The van der Waals surface area contributed by atoms with Gasteiger partial charge in [0.05, 0.1) is 16.7 Å². The zero-order chi connectivity index (χ0) is 13.2. The fourth-order valence-electron chi connectivity index (χ4n) is 2.22. The summed E-state index contributed by atoms with van der Waals surface area (Å²) in [5, 5.41) is 5.31. The third-order valence-corrected chi connectivity index (χ3v) is 3.90. The van der Waals surface area contributed by atoms with Crippen molar-refractivity contribution >= 4 is 22.1 Å². The predicted molar refractivity (Wildman–Crippen MR) is 77.8 cm³/mol. The number of aromatic nitrogens is 2. The first-order valence-corrected chi connectivity index (χ1v) is 6.88. The first-order valence-electron chi connectivity index (χ1n) is 6.00. The van der Waals surface area contributed by atoms with E-state index in [1.54, 1.807) is 11.3 Å². The van der Waals surface area contributed by atoms with Crippen LogP contribution in [0.2, 0.25) is 0 Å². The molecule has 1 aromatic carbocycles. The van der Waals surface area contributed by atoms with Crippen LogP contribution in [0.25, 0.3) is 10.8 Å². The molecule has 19 heavy (non-hydrogen) atoms. The number of thiazole rings is 1. The molecule has 0 bridgehead atoms. The van der Waals surface area contributed by atoms with Gasteiger partial charge in [0.25, 0.3) is 0 Å². The van der Waals surface area contributed by atoms with Crippen LogP contribution in [0.15, 0.2) is 42.0 Å². The molecule has 0 saturated heterocycles. The number of hydrazine groups is 1. The predicted octanol–water partition coefficient (Wildman–Crippen LogP) is 2.55. The molecular weight excluding hydrogens is 256 g/mol. The maximum atomic E-state index is 5.72. The van der Waals surface area contributed by atoms with Gasteiger partial charge in [-0.2, -0.15) is 0 Å². The van der Waals surface area contributed by atoms with Gasteiger partial charge in [-0.05, 0) is 12.3 Å². The van der Waals surface area contributed by atoms with E-state index < -0.39 is 0 Å². The van der Waals surface area contributed by atoms with Gasteiger partial charge in [0, 0.05) is 28.7 Å². The van der Waals surface area contributed by atoms with Crippen LogP contribution in [0, 0.1) is 6.92 Å². The third-order valence-electron chi connectivity index (χ3n) is 3.11. The highest BCUT2D eigenvalue weighted by Gasteiger charge is 2.17. The Labute approximate surface area is 115 Å². The highest BCUT2D eigenvalue weighted by Crippen LogP contribution is 2.28. The van der Waals surface area contributed by atoms with Crippen molar-refractivity contribution in [1.29, 1.82) is 0 Å². The van der Waals surface area contributed by atoms with E-state index in [0.29, 0.717) is 0 Å². The summed E-state index contributed by atoms with van der Waals surface area (Å²) in [5.41, 5.74) is 4.82. The molecule has 1 atom stereocenters. The highest BCUT2D eigenvalue weighted by atomic mass is 32.1. The molecule has 2 aromatic heterocycles. The summed E-state index contributed by atoms with van der Waals surface area (Å²) in [4.78, 5) is 8.81. The van der Waals surface area contributed by atoms with Gasteiger partial charge in [-0.15, -0.1) is 11.3 Å². The minimum absolute atomic E-state index is 0.136. The smallest absolute Gasteiger partial charge is 0.0910 e. The van der Waals surface area contributed by atoms with Crippen LogP contribution in [0.1, 0.15) is 22.3 Å². The van der Waals surface area contributed by atoms with E-state index in [0.717, 1.165) is 27.0 Å². The molecule has 2 heterocycles. The van der Waals surface area contributed by atoms with E-state index in [9.17, 15) is 0 Å². The summed E-state index contributed by atoms with van der Waals surface area (Å²) in [6, 6.07) is 8.02. The Balaban J connectivity index is 2.16. The minimum atomic E-state index is -0.136. The van der Waals surface area contributed by atoms with Crippen LogP contribution in [-0.4, -0.2) is 9.97 Å². The number of hydrogen-bond donors (Lipinski definition) is 2. The second kappa shape index (κ2) is 5.05. The molecule has 0 saturated carbocycles. The Morgan fingerprint density at radius 3 is 2.84 bits per heavy atom. The Bertz CT molecular complexity index is 702. The molecule has 3 N–H and O–H groups in total. The van der Waals surface area contributed by atoms with Gasteiger partial charge in [-0.3, -0.25) is 10.8 Å². The molecule has 0 aliphatic carbocycles. The Hall–Kier alpha value is -1.82. The van der Waals surface area contributed by atoms with E-state index in [1.807, 2.05) is 42.9 Å². The average molecular weight is 270 g/mol. The van der Waals surface area contributed by atoms with Gasteiger partial charge in [-0.25, -0.2) is 10.4 Å². The Morgan fingerprint density at radius 2 is 2.11 bits per heavy atom. The summed E-state index contributed by atoms with van der Waals surface area (Å²) in [6.07, 6.45) is 3.71. The fraction of sp³-hybridized carbons (Fsp3) is 0.143. The Kier molecular flexibility index (Phi) is 3.25. The van der Waals surface area contributed by atoms with E-state index >= 15 is 0 Å². The van der Waals surface area contributed by atoms with E-state index in [4.69, 9.17) is 5.84 Å². The number of benzene rings is 1. The van der Waals surface area contributed by atoms with E-state index in [2.05, 4.69) is 21.5 Å². The molecule has 3 aromatic rings. The lowest BCUT2D eigenvalue weighted by molar-refractivity contribution is 0.625. The van der Waals surface area contributed by atoms with Crippen molar-refractivity contribution in [3.63, 3.8) is 0 Å². The number of aryl methyl sites for hydroxylation is 1. The molecule has 96 valence electrons. The Morgan fingerprint density at radius 1 is 1.26 bits per heavy atom. The fourth-order valence-corrected chi connectivity index (χ4v) is 2.86. The van der Waals surface area contributed by atoms with Gasteiger partial charge < -0.3 is 0 Å². The summed E-state index contributed by atoms with van der Waals surface area (Å²) in [7, 11) is 0. The van der Waals surface area contributed by atoms with Crippen molar-refractivity contribution in [2.45, 2.75) is 13.0 Å². The number of fused-ring (bicyclic) bond motifs is 1. The van der Waals surface area contributed by atoms with Gasteiger partial charge in [0.2, 0.25) is 0 Å². The number of pyridine rings is 1. The first-order chi connectivity index (χ1) is 9.29. The third kappa shape index (κ3) is 2.23. The lowest BCUT2D eigenvalue weighted by Crippen LogP contribution is -2.29. The van der Waals surface area contributed by atoms with Crippen LogP contribution >= 0.6 is 11.3 Å². The molecule has 0 amide bonds. The van der Waals surface area contributed by atoms with E-state index in [-0.39, 0.29) is 6.04 Å². The molecule has 0 fully saturated rings. The zero-order valence-corrected chi connectivity index (χ0v) is 11.3. The zero-order valence-electron chi connectivity index (χ0n) is 10.5. The maximum absolute atomic E-state index is 5.72. The van der Waals surface area contributed by atoms with Crippen LogP contribution in [0.3, 0.4) is 0 Å². The van der Waals surface area contributed by atoms with Gasteiger partial charge >= 0.3 is 0 Å². The van der Waals surface area contributed by atoms with Gasteiger partial charge in [-0.1, -0.05) is 24.3 Å². The number of nitrogens with two attached hydrogens (primary N) is 1. The summed E-state index contributed by atoms with van der Waals surface area (Å²) in [6.45, 7) is 1.99. The van der Waals surface area contributed by atoms with Crippen molar-refractivity contribution in [3.05, 3.63) is 58.3 Å². The number of nitrogens with one attached hydrogen (secondary N) is 1. The standard InChI is InChI=1S/C14H14N4S/c1-9-17-13(8-19-9)14(18-15)12-7-16-6-10-4-2-3-5-11(10)12/h2-8,14,18H,15H2,1H3. The molecule has 3 rings (SSSR count). The quantitative estimate of drug-likeness (QED) is 0.567. The SMILES string of the molecule is Cc1nc(C(NN)c2cncc3ccccc23)cs1. The topological polar surface area (TPSA) is 63.8 Å². The second-order valence-electron chi connectivity index (χ2n) is 4.34. The molecular formula is C14H14N4S. The van der Waals surface area contributed by atoms with Gasteiger partial charge in [0.1, 0.15) is 0 Å². The first kappa shape index (κ1) is 12.2. The molecule has 0 aliphatic heterocycles. The summed E-state index contributed by atoms with van der Waals surface area (Å²) >= 11 is 1.62. The minimum Gasteiger partial charge on any atom is -0.271 e. The molecule has 4 nitrogen and oxygen atoms in total. The van der Waals surface area contributed by atoms with E-state index in [1.165, 1.54) is 0 Å². The van der Waals surface area contributed by atoms with Crippen LogP contribution < -0.4 is 11.3 Å². The molecule has 5 heteroatoms. The number of rotatable bonds is 3. The van der Waals surface area contributed by atoms with Crippen LogP contribution in [0.4, 0.5) is 0 Å². The molecule has 0 spiro atoms. The van der Waals surface area contributed by atoms with Crippen molar-refractivity contribution in [2.24, 2.45) is 5.84 Å². The largest absolute Gasteiger partial charge is 0.271 e. The lowest BCUT2D eigenvalue weighted by atomic mass is 10.0. The summed E-state index contributed by atoms with van der Waals surface area (Å²) < 4.78 is 0. The second-order valence-corrected chi connectivity index (χ2v) is 5.40. The molecule has 0 aliphatic rings. The van der Waals surface area contributed by atoms with Crippen molar-refractivity contribution in [2.75, 3.05) is 0 Å². The maximum Gasteiger partial charge on any atom is 0.0910 e. The molecule has 1 unspecified atom stereocenters. The van der Waals surface area contributed by atoms with Gasteiger partial charge in [0.15, 0.2) is 0 Å². The van der Waals surface area contributed by atoms with Crippen LogP contribution in [0.5, 0.6) is 0 Å².